The molecule has 1 rings (SSSR count). The van der Waals surface area contributed by atoms with Crippen LogP contribution in [0.4, 0.5) is 0 Å². The van der Waals surface area contributed by atoms with Crippen molar-refractivity contribution in [2.75, 3.05) is 20.3 Å². The van der Waals surface area contributed by atoms with Crippen LogP contribution in [0.2, 0.25) is 0 Å². The summed E-state index contributed by atoms with van der Waals surface area (Å²) in [4.78, 5) is -0.365. The molecule has 0 heterocycles. The molecule has 0 radical (unpaired) electrons. The normalized spacial score (nSPS) is 12.5. The SMILES string of the molecule is COCCCCNS(=O)(=O)c1cccc(S(N)(=O)=O)c1. The van der Waals surface area contributed by atoms with E-state index in [-0.39, 0.29) is 16.3 Å². The molecule has 1 aromatic rings. The fourth-order valence-corrected chi connectivity index (χ4v) is 3.23. The summed E-state index contributed by atoms with van der Waals surface area (Å²) in [6.07, 6.45) is 1.36. The van der Waals surface area contributed by atoms with Crippen molar-refractivity contribution in [3.05, 3.63) is 24.3 Å². The first-order valence-electron chi connectivity index (χ1n) is 5.89. The van der Waals surface area contributed by atoms with E-state index in [2.05, 4.69) is 4.72 Å². The van der Waals surface area contributed by atoms with Crippen LogP contribution >= 0.6 is 0 Å². The highest BCUT2D eigenvalue weighted by molar-refractivity contribution is 7.90. The van der Waals surface area contributed by atoms with Gasteiger partial charge < -0.3 is 4.74 Å². The average molecular weight is 322 g/mol. The molecule has 9 heteroatoms. The third-order valence-electron chi connectivity index (χ3n) is 2.51. The van der Waals surface area contributed by atoms with Crippen molar-refractivity contribution in [2.45, 2.75) is 22.6 Å². The van der Waals surface area contributed by atoms with Crippen molar-refractivity contribution in [3.8, 4) is 0 Å². The van der Waals surface area contributed by atoms with Gasteiger partial charge in [-0.05, 0) is 31.0 Å². The maximum atomic E-state index is 12.0. The lowest BCUT2D eigenvalue weighted by Gasteiger charge is -2.07. The van der Waals surface area contributed by atoms with Gasteiger partial charge in [0, 0.05) is 20.3 Å². The summed E-state index contributed by atoms with van der Waals surface area (Å²) < 4.78 is 53.6. The number of benzene rings is 1. The van der Waals surface area contributed by atoms with Gasteiger partial charge in [-0.2, -0.15) is 0 Å². The van der Waals surface area contributed by atoms with Crippen molar-refractivity contribution in [2.24, 2.45) is 5.14 Å². The van der Waals surface area contributed by atoms with Crippen LogP contribution in [0.15, 0.2) is 34.1 Å². The van der Waals surface area contributed by atoms with Gasteiger partial charge in [-0.25, -0.2) is 26.7 Å². The summed E-state index contributed by atoms with van der Waals surface area (Å²) in [6, 6.07) is 4.92. The topological polar surface area (TPSA) is 116 Å². The standard InChI is InChI=1S/C11H18N2O5S2/c1-18-8-3-2-7-13-20(16,17)11-6-4-5-10(9-11)19(12,14)15/h4-6,9,13H,2-3,7-8H2,1H3,(H2,12,14,15). The molecule has 0 atom stereocenters. The van der Waals surface area contributed by atoms with Crippen molar-refractivity contribution >= 4 is 20.0 Å². The molecule has 0 amide bonds. The van der Waals surface area contributed by atoms with Crippen molar-refractivity contribution in [1.82, 2.24) is 4.72 Å². The average Bonchev–Trinajstić information content (AvgIpc) is 2.37. The second-order valence-corrected chi connectivity index (χ2v) is 7.45. The van der Waals surface area contributed by atoms with Gasteiger partial charge in [0.05, 0.1) is 9.79 Å². The molecule has 0 spiro atoms. The lowest BCUT2D eigenvalue weighted by Crippen LogP contribution is -2.25. The molecule has 3 N–H and O–H groups in total. The summed E-state index contributed by atoms with van der Waals surface area (Å²) in [6.45, 7) is 0.813. The summed E-state index contributed by atoms with van der Waals surface area (Å²) in [5, 5.41) is 4.97. The Morgan fingerprint density at radius 2 is 1.80 bits per heavy atom. The van der Waals surface area contributed by atoms with Gasteiger partial charge in [-0.3, -0.25) is 0 Å². The van der Waals surface area contributed by atoms with E-state index in [1.807, 2.05) is 0 Å². The highest BCUT2D eigenvalue weighted by atomic mass is 32.2. The van der Waals surface area contributed by atoms with Gasteiger partial charge in [0.15, 0.2) is 0 Å². The second-order valence-electron chi connectivity index (χ2n) is 4.12. The van der Waals surface area contributed by atoms with Crippen molar-refractivity contribution in [3.63, 3.8) is 0 Å². The Labute approximate surface area is 119 Å². The Balaban J connectivity index is 2.78. The van der Waals surface area contributed by atoms with Gasteiger partial charge in [-0.15, -0.1) is 0 Å². The molecular weight excluding hydrogens is 304 g/mol. The number of sulfonamides is 2. The van der Waals surface area contributed by atoms with Gasteiger partial charge >= 0.3 is 0 Å². The van der Waals surface area contributed by atoms with Gasteiger partial charge in [0.25, 0.3) is 0 Å². The van der Waals surface area contributed by atoms with E-state index in [0.717, 1.165) is 12.5 Å². The van der Waals surface area contributed by atoms with Gasteiger partial charge in [0.2, 0.25) is 20.0 Å². The molecule has 0 fully saturated rings. The molecule has 0 aromatic heterocycles. The zero-order chi connectivity index (χ0) is 15.2. The Hall–Kier alpha value is -1.00. The quantitative estimate of drug-likeness (QED) is 0.656. The molecule has 0 unspecified atom stereocenters. The number of rotatable bonds is 8. The van der Waals surface area contributed by atoms with Crippen LogP contribution in [-0.2, 0) is 24.8 Å². The zero-order valence-electron chi connectivity index (χ0n) is 11.1. The van der Waals surface area contributed by atoms with Crippen LogP contribution in [0.5, 0.6) is 0 Å². The number of hydrogen-bond acceptors (Lipinski definition) is 5. The number of unbranched alkanes of at least 4 members (excludes halogenated alkanes) is 1. The number of ether oxygens (including phenoxy) is 1. The summed E-state index contributed by atoms with van der Waals surface area (Å²) in [7, 11) is -6.10. The number of hydrogen-bond donors (Lipinski definition) is 2. The van der Waals surface area contributed by atoms with E-state index >= 15 is 0 Å². The molecule has 114 valence electrons. The lowest BCUT2D eigenvalue weighted by atomic mass is 10.3. The predicted octanol–water partition coefficient (Wildman–Crippen LogP) is 0.0389. The molecule has 0 aliphatic heterocycles. The van der Waals surface area contributed by atoms with Crippen LogP contribution in [0.25, 0.3) is 0 Å². The van der Waals surface area contributed by atoms with Crippen LogP contribution in [-0.4, -0.2) is 37.1 Å². The first kappa shape index (κ1) is 17.1. The maximum Gasteiger partial charge on any atom is 0.240 e. The highest BCUT2D eigenvalue weighted by Gasteiger charge is 2.16. The molecule has 0 aliphatic carbocycles. The smallest absolute Gasteiger partial charge is 0.240 e. The molecule has 1 aromatic carbocycles. The zero-order valence-corrected chi connectivity index (χ0v) is 12.7. The number of nitrogens with two attached hydrogens (primary N) is 1. The fourth-order valence-electron chi connectivity index (χ4n) is 1.48. The van der Waals surface area contributed by atoms with Crippen LogP contribution < -0.4 is 9.86 Å². The first-order valence-corrected chi connectivity index (χ1v) is 8.92. The minimum absolute atomic E-state index is 0.129. The Bertz CT molecular complexity index is 641. The minimum atomic E-state index is -3.93. The second kappa shape index (κ2) is 7.14. The molecule has 0 bridgehead atoms. The molecule has 7 nitrogen and oxygen atoms in total. The Morgan fingerprint density at radius 3 is 2.40 bits per heavy atom. The van der Waals surface area contributed by atoms with E-state index in [1.54, 1.807) is 7.11 Å². The van der Waals surface area contributed by atoms with Crippen LogP contribution in [0.1, 0.15) is 12.8 Å². The Morgan fingerprint density at radius 1 is 1.15 bits per heavy atom. The third-order valence-corrected chi connectivity index (χ3v) is 4.88. The fraction of sp³-hybridized carbons (Fsp3) is 0.455. The number of methoxy groups -OCH3 is 1. The minimum Gasteiger partial charge on any atom is -0.385 e. The highest BCUT2D eigenvalue weighted by Crippen LogP contribution is 2.14. The summed E-state index contributed by atoms with van der Waals surface area (Å²) >= 11 is 0. The largest absolute Gasteiger partial charge is 0.385 e. The monoisotopic (exact) mass is 322 g/mol. The number of primary sulfonamides is 1. The van der Waals surface area contributed by atoms with E-state index in [0.29, 0.717) is 13.0 Å². The van der Waals surface area contributed by atoms with Crippen LogP contribution in [0.3, 0.4) is 0 Å². The van der Waals surface area contributed by atoms with Crippen molar-refractivity contribution in [1.29, 1.82) is 0 Å². The molecule has 0 saturated heterocycles. The molecular formula is C11H18N2O5S2. The number of nitrogens with one attached hydrogen (secondary N) is 1. The molecule has 0 aliphatic rings. The third kappa shape index (κ3) is 5.17. The van der Waals surface area contributed by atoms with Crippen LogP contribution in [0, 0.1) is 0 Å². The summed E-state index contributed by atoms with van der Waals surface area (Å²) in [5.74, 6) is 0. The van der Waals surface area contributed by atoms with Crippen molar-refractivity contribution < 1.29 is 21.6 Å². The van der Waals surface area contributed by atoms with E-state index < -0.39 is 20.0 Å². The maximum absolute atomic E-state index is 12.0. The lowest BCUT2D eigenvalue weighted by molar-refractivity contribution is 0.193. The Kier molecular flexibility index (Phi) is 6.08. The van der Waals surface area contributed by atoms with E-state index in [4.69, 9.17) is 9.88 Å². The summed E-state index contributed by atoms with van der Waals surface area (Å²) in [5.41, 5.74) is 0. The first-order chi connectivity index (χ1) is 9.27. The van der Waals surface area contributed by atoms with Gasteiger partial charge in [-0.1, -0.05) is 6.07 Å². The van der Waals surface area contributed by atoms with Gasteiger partial charge in [0.1, 0.15) is 0 Å². The van der Waals surface area contributed by atoms with E-state index in [1.165, 1.54) is 18.2 Å². The molecule has 20 heavy (non-hydrogen) atoms. The predicted molar refractivity (Wildman–Crippen MR) is 74.1 cm³/mol. The molecule has 0 saturated carbocycles. The van der Waals surface area contributed by atoms with E-state index in [9.17, 15) is 16.8 Å².